The van der Waals surface area contributed by atoms with Crippen molar-refractivity contribution in [3.05, 3.63) is 0 Å². The molecule has 3 unspecified atom stereocenters. The standard InChI is InChI=1S/C11H23NO/c1-9(10(2)8-12)5-6-11-4-3-7-13-11/h9-11H,3-8,12H2,1-2H3. The molecule has 0 saturated carbocycles. The van der Waals surface area contributed by atoms with E-state index in [1.54, 1.807) is 0 Å². The summed E-state index contributed by atoms with van der Waals surface area (Å²) in [6.07, 6.45) is 5.57. The average molecular weight is 185 g/mol. The molecule has 2 nitrogen and oxygen atoms in total. The van der Waals surface area contributed by atoms with Crippen molar-refractivity contribution in [3.8, 4) is 0 Å². The van der Waals surface area contributed by atoms with Crippen LogP contribution in [0.3, 0.4) is 0 Å². The van der Waals surface area contributed by atoms with E-state index in [4.69, 9.17) is 10.5 Å². The summed E-state index contributed by atoms with van der Waals surface area (Å²) < 4.78 is 5.59. The Labute approximate surface area is 81.8 Å². The Morgan fingerprint density at radius 1 is 1.38 bits per heavy atom. The van der Waals surface area contributed by atoms with Crippen LogP contribution in [-0.2, 0) is 4.74 Å². The van der Waals surface area contributed by atoms with Crippen LogP contribution in [0.1, 0.15) is 39.5 Å². The lowest BCUT2D eigenvalue weighted by molar-refractivity contribution is 0.0963. The normalized spacial score (nSPS) is 27.5. The van der Waals surface area contributed by atoms with Gasteiger partial charge in [-0.3, -0.25) is 0 Å². The summed E-state index contributed by atoms with van der Waals surface area (Å²) in [5, 5.41) is 0. The first kappa shape index (κ1) is 11.0. The minimum atomic E-state index is 0.549. The maximum Gasteiger partial charge on any atom is 0.0576 e. The molecule has 2 N–H and O–H groups in total. The molecule has 0 aliphatic carbocycles. The third-order valence-corrected chi connectivity index (χ3v) is 3.31. The van der Waals surface area contributed by atoms with Crippen molar-refractivity contribution < 1.29 is 4.74 Å². The molecule has 0 aromatic carbocycles. The molecule has 0 aromatic heterocycles. The van der Waals surface area contributed by atoms with Crippen LogP contribution < -0.4 is 5.73 Å². The molecule has 2 heteroatoms. The van der Waals surface area contributed by atoms with Gasteiger partial charge in [0, 0.05) is 6.61 Å². The zero-order valence-electron chi connectivity index (χ0n) is 8.96. The number of rotatable bonds is 5. The van der Waals surface area contributed by atoms with Gasteiger partial charge < -0.3 is 10.5 Å². The zero-order valence-corrected chi connectivity index (χ0v) is 8.96. The van der Waals surface area contributed by atoms with Gasteiger partial charge in [-0.2, -0.15) is 0 Å². The van der Waals surface area contributed by atoms with Gasteiger partial charge in [-0.25, -0.2) is 0 Å². The third-order valence-electron chi connectivity index (χ3n) is 3.31. The highest BCUT2D eigenvalue weighted by atomic mass is 16.5. The van der Waals surface area contributed by atoms with Crippen molar-refractivity contribution in [1.82, 2.24) is 0 Å². The van der Waals surface area contributed by atoms with Crippen LogP contribution in [0.25, 0.3) is 0 Å². The van der Waals surface area contributed by atoms with E-state index < -0.39 is 0 Å². The van der Waals surface area contributed by atoms with Crippen LogP contribution in [0.5, 0.6) is 0 Å². The van der Waals surface area contributed by atoms with Gasteiger partial charge >= 0.3 is 0 Å². The third kappa shape index (κ3) is 3.65. The van der Waals surface area contributed by atoms with Crippen LogP contribution in [0.2, 0.25) is 0 Å². The highest BCUT2D eigenvalue weighted by molar-refractivity contribution is 4.69. The SMILES string of the molecule is CC(CN)C(C)CCC1CCCO1. The largest absolute Gasteiger partial charge is 0.378 e. The van der Waals surface area contributed by atoms with E-state index >= 15 is 0 Å². The topological polar surface area (TPSA) is 35.2 Å². The lowest BCUT2D eigenvalue weighted by atomic mass is 9.90. The molecule has 0 radical (unpaired) electrons. The molecule has 78 valence electrons. The first-order valence-corrected chi connectivity index (χ1v) is 5.55. The predicted octanol–water partition coefficient (Wildman–Crippen LogP) is 2.18. The van der Waals surface area contributed by atoms with Gasteiger partial charge in [0.1, 0.15) is 0 Å². The number of nitrogens with two attached hydrogens (primary N) is 1. The van der Waals surface area contributed by atoms with Crippen molar-refractivity contribution in [3.63, 3.8) is 0 Å². The van der Waals surface area contributed by atoms with E-state index in [-0.39, 0.29) is 0 Å². The molecule has 13 heavy (non-hydrogen) atoms. The summed E-state index contributed by atoms with van der Waals surface area (Å²) in [5.74, 6) is 1.40. The van der Waals surface area contributed by atoms with Crippen molar-refractivity contribution >= 4 is 0 Å². The van der Waals surface area contributed by atoms with Gasteiger partial charge in [0.15, 0.2) is 0 Å². The molecule has 1 aliphatic heterocycles. The van der Waals surface area contributed by atoms with E-state index in [1.807, 2.05) is 0 Å². The fraction of sp³-hybridized carbons (Fsp3) is 1.00. The molecule has 1 fully saturated rings. The second-order valence-electron chi connectivity index (χ2n) is 4.40. The minimum absolute atomic E-state index is 0.549. The van der Waals surface area contributed by atoms with E-state index in [1.165, 1.54) is 25.7 Å². The average Bonchev–Trinajstić information content (AvgIpc) is 2.65. The van der Waals surface area contributed by atoms with E-state index in [9.17, 15) is 0 Å². The monoisotopic (exact) mass is 185 g/mol. The first-order chi connectivity index (χ1) is 6.24. The van der Waals surface area contributed by atoms with E-state index in [2.05, 4.69) is 13.8 Å². The lowest BCUT2D eigenvalue weighted by Crippen LogP contribution is -2.19. The Morgan fingerprint density at radius 2 is 2.15 bits per heavy atom. The second-order valence-corrected chi connectivity index (χ2v) is 4.40. The summed E-state index contributed by atoms with van der Waals surface area (Å²) >= 11 is 0. The number of hydrogen-bond donors (Lipinski definition) is 1. The minimum Gasteiger partial charge on any atom is -0.378 e. The maximum absolute atomic E-state index is 5.63. The Kier molecular flexibility index (Phi) is 4.74. The Bertz CT molecular complexity index is 132. The van der Waals surface area contributed by atoms with E-state index in [0.717, 1.165) is 19.1 Å². The van der Waals surface area contributed by atoms with Gasteiger partial charge in [-0.1, -0.05) is 13.8 Å². The summed E-state index contributed by atoms with van der Waals surface area (Å²) in [6, 6.07) is 0. The maximum atomic E-state index is 5.63. The molecule has 1 heterocycles. The van der Waals surface area contributed by atoms with Gasteiger partial charge in [0.05, 0.1) is 6.10 Å². The summed E-state index contributed by atoms with van der Waals surface area (Å²) in [6.45, 7) is 6.32. The fourth-order valence-corrected chi connectivity index (χ4v) is 1.84. The number of hydrogen-bond acceptors (Lipinski definition) is 2. The van der Waals surface area contributed by atoms with Crippen molar-refractivity contribution in [1.29, 1.82) is 0 Å². The second kappa shape index (κ2) is 5.61. The smallest absolute Gasteiger partial charge is 0.0576 e. The summed E-state index contributed by atoms with van der Waals surface area (Å²) in [7, 11) is 0. The number of ether oxygens (including phenoxy) is 1. The fourth-order valence-electron chi connectivity index (χ4n) is 1.84. The first-order valence-electron chi connectivity index (χ1n) is 5.55. The summed E-state index contributed by atoms with van der Waals surface area (Å²) in [5.41, 5.74) is 5.63. The summed E-state index contributed by atoms with van der Waals surface area (Å²) in [4.78, 5) is 0. The highest BCUT2D eigenvalue weighted by Gasteiger charge is 2.18. The van der Waals surface area contributed by atoms with Crippen LogP contribution >= 0.6 is 0 Å². The van der Waals surface area contributed by atoms with Gasteiger partial charge in [0.2, 0.25) is 0 Å². The van der Waals surface area contributed by atoms with Crippen molar-refractivity contribution in [2.24, 2.45) is 17.6 Å². The lowest BCUT2D eigenvalue weighted by Gasteiger charge is -2.19. The van der Waals surface area contributed by atoms with Crippen LogP contribution in [0, 0.1) is 11.8 Å². The van der Waals surface area contributed by atoms with E-state index in [0.29, 0.717) is 12.0 Å². The molecule has 3 atom stereocenters. The molecule has 1 saturated heterocycles. The quantitative estimate of drug-likeness (QED) is 0.712. The van der Waals surface area contributed by atoms with Gasteiger partial charge in [-0.05, 0) is 44.1 Å². The van der Waals surface area contributed by atoms with Crippen LogP contribution in [0.4, 0.5) is 0 Å². The van der Waals surface area contributed by atoms with Gasteiger partial charge in [-0.15, -0.1) is 0 Å². The molecule has 1 rings (SSSR count). The molecular weight excluding hydrogens is 162 g/mol. The highest BCUT2D eigenvalue weighted by Crippen LogP contribution is 2.22. The predicted molar refractivity (Wildman–Crippen MR) is 55.6 cm³/mol. The van der Waals surface area contributed by atoms with Gasteiger partial charge in [0.25, 0.3) is 0 Å². The zero-order chi connectivity index (χ0) is 9.68. The van der Waals surface area contributed by atoms with Crippen LogP contribution in [-0.4, -0.2) is 19.3 Å². The van der Waals surface area contributed by atoms with Crippen LogP contribution in [0.15, 0.2) is 0 Å². The molecular formula is C11H23NO. The molecule has 0 aromatic rings. The van der Waals surface area contributed by atoms with Crippen molar-refractivity contribution in [2.45, 2.75) is 45.6 Å². The Hall–Kier alpha value is -0.0800. The molecule has 0 amide bonds. The Balaban J connectivity index is 2.10. The molecule has 1 aliphatic rings. The van der Waals surface area contributed by atoms with Crippen molar-refractivity contribution in [2.75, 3.05) is 13.2 Å². The Morgan fingerprint density at radius 3 is 2.69 bits per heavy atom. The molecule has 0 bridgehead atoms. The molecule has 0 spiro atoms.